The minimum absolute atomic E-state index is 0.0252. The fourth-order valence-electron chi connectivity index (χ4n) is 1.52. The maximum absolute atomic E-state index is 13.5. The summed E-state index contributed by atoms with van der Waals surface area (Å²) < 4.78 is 13.5. The van der Waals surface area contributed by atoms with Crippen molar-refractivity contribution in [2.45, 2.75) is 32.7 Å². The molecule has 1 atom stereocenters. The molecule has 1 amide bonds. The van der Waals surface area contributed by atoms with Crippen molar-refractivity contribution in [3.05, 3.63) is 35.1 Å². The van der Waals surface area contributed by atoms with Gasteiger partial charge in [0.15, 0.2) is 0 Å². The number of rotatable bonds is 5. The summed E-state index contributed by atoms with van der Waals surface area (Å²) in [5, 5.41) is 11.1. The molecular weight excluding hydrogens is 237 g/mol. The van der Waals surface area contributed by atoms with Gasteiger partial charge in [0.05, 0.1) is 5.56 Å². The molecule has 0 aliphatic rings. The summed E-state index contributed by atoms with van der Waals surface area (Å²) >= 11 is 0. The van der Waals surface area contributed by atoms with E-state index in [0.717, 1.165) is 5.56 Å². The van der Waals surface area contributed by atoms with Crippen molar-refractivity contribution in [1.29, 1.82) is 0 Å². The van der Waals surface area contributed by atoms with Crippen LogP contribution in [0.5, 0.6) is 0 Å². The van der Waals surface area contributed by atoms with Crippen LogP contribution in [-0.2, 0) is 4.79 Å². The van der Waals surface area contributed by atoms with E-state index >= 15 is 0 Å². The molecule has 5 heteroatoms. The number of carboxylic acids is 1. The summed E-state index contributed by atoms with van der Waals surface area (Å²) in [6.45, 7) is 3.42. The largest absolute Gasteiger partial charge is 0.481 e. The van der Waals surface area contributed by atoms with Crippen molar-refractivity contribution in [1.82, 2.24) is 5.32 Å². The van der Waals surface area contributed by atoms with E-state index in [9.17, 15) is 14.0 Å². The number of amides is 1. The molecule has 18 heavy (non-hydrogen) atoms. The number of carbonyl (C=O) groups is 2. The number of hydrogen-bond acceptors (Lipinski definition) is 2. The van der Waals surface area contributed by atoms with Crippen molar-refractivity contribution < 1.29 is 19.1 Å². The zero-order valence-electron chi connectivity index (χ0n) is 10.4. The summed E-state index contributed by atoms with van der Waals surface area (Å²) in [7, 11) is 0. The van der Waals surface area contributed by atoms with Gasteiger partial charge in [-0.25, -0.2) is 4.39 Å². The lowest BCUT2D eigenvalue weighted by atomic mass is 10.1. The van der Waals surface area contributed by atoms with Crippen LogP contribution >= 0.6 is 0 Å². The summed E-state index contributed by atoms with van der Waals surface area (Å²) in [5.41, 5.74) is 0.714. The molecular formula is C13H16FNO3. The Labute approximate surface area is 105 Å². The van der Waals surface area contributed by atoms with Crippen LogP contribution < -0.4 is 5.32 Å². The Hall–Kier alpha value is -1.91. The van der Waals surface area contributed by atoms with Crippen LogP contribution in [0.15, 0.2) is 18.2 Å². The monoisotopic (exact) mass is 253 g/mol. The zero-order valence-corrected chi connectivity index (χ0v) is 10.4. The minimum atomic E-state index is -0.919. The highest BCUT2D eigenvalue weighted by Crippen LogP contribution is 2.10. The Bertz CT molecular complexity index is 460. The molecule has 0 saturated carbocycles. The van der Waals surface area contributed by atoms with E-state index in [1.807, 2.05) is 0 Å². The summed E-state index contributed by atoms with van der Waals surface area (Å²) in [5.74, 6) is -2.01. The minimum Gasteiger partial charge on any atom is -0.481 e. The Kier molecular flexibility index (Phi) is 4.83. The Balaban J connectivity index is 2.62. The number of carboxylic acid groups (broad SMARTS) is 1. The average molecular weight is 253 g/mol. The van der Waals surface area contributed by atoms with Gasteiger partial charge in [-0.2, -0.15) is 0 Å². The molecule has 0 fully saturated rings. The number of aryl methyl sites for hydroxylation is 1. The Morgan fingerprint density at radius 2 is 2.11 bits per heavy atom. The second-order valence-electron chi connectivity index (χ2n) is 4.29. The van der Waals surface area contributed by atoms with Crippen molar-refractivity contribution in [3.8, 4) is 0 Å². The first-order valence-electron chi connectivity index (χ1n) is 5.69. The predicted molar refractivity (Wildman–Crippen MR) is 64.9 cm³/mol. The Morgan fingerprint density at radius 1 is 1.44 bits per heavy atom. The fourth-order valence-corrected chi connectivity index (χ4v) is 1.52. The van der Waals surface area contributed by atoms with Gasteiger partial charge >= 0.3 is 5.97 Å². The highest BCUT2D eigenvalue weighted by Gasteiger charge is 2.14. The van der Waals surface area contributed by atoms with Crippen LogP contribution in [0.1, 0.15) is 35.7 Å². The molecule has 0 aromatic heterocycles. The van der Waals surface area contributed by atoms with Crippen LogP contribution in [0, 0.1) is 12.7 Å². The van der Waals surface area contributed by atoms with Gasteiger partial charge in [0.25, 0.3) is 5.91 Å². The molecule has 1 unspecified atom stereocenters. The second kappa shape index (κ2) is 6.14. The Morgan fingerprint density at radius 3 is 2.67 bits per heavy atom. The van der Waals surface area contributed by atoms with Gasteiger partial charge in [-0.05, 0) is 38.0 Å². The summed E-state index contributed by atoms with van der Waals surface area (Å²) in [6, 6.07) is 4.05. The van der Waals surface area contributed by atoms with E-state index in [1.54, 1.807) is 19.9 Å². The molecule has 0 heterocycles. The van der Waals surface area contributed by atoms with Crippen molar-refractivity contribution in [3.63, 3.8) is 0 Å². The lowest BCUT2D eigenvalue weighted by Crippen LogP contribution is -2.33. The van der Waals surface area contributed by atoms with Gasteiger partial charge in [0.2, 0.25) is 0 Å². The number of aliphatic carboxylic acids is 1. The lowest BCUT2D eigenvalue weighted by Gasteiger charge is -2.13. The molecule has 98 valence electrons. The standard InChI is InChI=1S/C13H16FNO3/c1-8-3-5-10(11(14)7-8)13(18)15-9(2)4-6-12(16)17/h3,5,7,9H,4,6H2,1-2H3,(H,15,18)(H,16,17). The van der Waals surface area contributed by atoms with Gasteiger partial charge in [0, 0.05) is 12.5 Å². The van der Waals surface area contributed by atoms with Crippen LogP contribution in [0.2, 0.25) is 0 Å². The van der Waals surface area contributed by atoms with Crippen molar-refractivity contribution >= 4 is 11.9 Å². The van der Waals surface area contributed by atoms with E-state index in [2.05, 4.69) is 5.32 Å². The van der Waals surface area contributed by atoms with E-state index in [4.69, 9.17) is 5.11 Å². The summed E-state index contributed by atoms with van der Waals surface area (Å²) in [6.07, 6.45) is 0.284. The fraction of sp³-hybridized carbons (Fsp3) is 0.385. The number of hydrogen-bond donors (Lipinski definition) is 2. The maximum Gasteiger partial charge on any atom is 0.303 e. The van der Waals surface area contributed by atoms with Gasteiger partial charge in [-0.3, -0.25) is 9.59 Å². The number of carbonyl (C=O) groups excluding carboxylic acids is 1. The molecule has 0 radical (unpaired) electrons. The first-order chi connectivity index (χ1) is 8.40. The molecule has 0 bridgehead atoms. The van der Waals surface area contributed by atoms with E-state index in [1.165, 1.54) is 12.1 Å². The third-order valence-electron chi connectivity index (χ3n) is 2.54. The molecule has 1 aromatic carbocycles. The molecule has 2 N–H and O–H groups in total. The normalized spacial score (nSPS) is 11.9. The molecule has 0 aliphatic carbocycles. The number of benzene rings is 1. The average Bonchev–Trinajstić information content (AvgIpc) is 2.26. The van der Waals surface area contributed by atoms with Gasteiger partial charge < -0.3 is 10.4 Å². The van der Waals surface area contributed by atoms with Crippen molar-refractivity contribution in [2.75, 3.05) is 0 Å². The third-order valence-corrected chi connectivity index (χ3v) is 2.54. The molecule has 1 rings (SSSR count). The molecule has 0 spiro atoms. The van der Waals surface area contributed by atoms with Crippen LogP contribution in [0.3, 0.4) is 0 Å². The number of nitrogens with one attached hydrogen (secondary N) is 1. The lowest BCUT2D eigenvalue weighted by molar-refractivity contribution is -0.137. The predicted octanol–water partition coefficient (Wildman–Crippen LogP) is 2.12. The number of halogens is 1. The van der Waals surface area contributed by atoms with Gasteiger partial charge in [0.1, 0.15) is 5.82 Å². The first-order valence-corrected chi connectivity index (χ1v) is 5.69. The molecule has 0 saturated heterocycles. The smallest absolute Gasteiger partial charge is 0.303 e. The maximum atomic E-state index is 13.5. The molecule has 1 aromatic rings. The quantitative estimate of drug-likeness (QED) is 0.844. The van der Waals surface area contributed by atoms with Gasteiger partial charge in [-0.15, -0.1) is 0 Å². The highest BCUT2D eigenvalue weighted by molar-refractivity contribution is 5.94. The van der Waals surface area contributed by atoms with E-state index < -0.39 is 17.7 Å². The third kappa shape index (κ3) is 4.16. The van der Waals surface area contributed by atoms with Crippen LogP contribution in [0.4, 0.5) is 4.39 Å². The molecule has 4 nitrogen and oxygen atoms in total. The summed E-state index contributed by atoms with van der Waals surface area (Å²) in [4.78, 5) is 22.1. The van der Waals surface area contributed by atoms with Gasteiger partial charge in [-0.1, -0.05) is 6.07 Å². The van der Waals surface area contributed by atoms with Crippen LogP contribution in [-0.4, -0.2) is 23.0 Å². The topological polar surface area (TPSA) is 66.4 Å². The van der Waals surface area contributed by atoms with E-state index in [-0.39, 0.29) is 18.0 Å². The zero-order chi connectivity index (χ0) is 13.7. The second-order valence-corrected chi connectivity index (χ2v) is 4.29. The SMILES string of the molecule is Cc1ccc(C(=O)NC(C)CCC(=O)O)c(F)c1. The first kappa shape index (κ1) is 14.2. The highest BCUT2D eigenvalue weighted by atomic mass is 19.1. The van der Waals surface area contributed by atoms with Crippen LogP contribution in [0.25, 0.3) is 0 Å². The molecule has 0 aliphatic heterocycles. The van der Waals surface area contributed by atoms with E-state index in [0.29, 0.717) is 6.42 Å². The van der Waals surface area contributed by atoms with Crippen molar-refractivity contribution in [2.24, 2.45) is 0 Å².